The normalized spacial score (nSPS) is 27.7. The number of carbonyl (C=O) groups is 2. The van der Waals surface area contributed by atoms with Gasteiger partial charge in [0, 0.05) is 18.0 Å². The Morgan fingerprint density at radius 2 is 1.83 bits per heavy atom. The number of benzene rings is 2. The minimum atomic E-state index is -1.40. The van der Waals surface area contributed by atoms with Crippen LogP contribution in [0, 0.1) is 0 Å². The van der Waals surface area contributed by atoms with E-state index in [1.807, 2.05) is 36.4 Å². The van der Waals surface area contributed by atoms with Gasteiger partial charge in [-0.05, 0) is 31.4 Å². The number of alkyl halides is 1. The van der Waals surface area contributed by atoms with Gasteiger partial charge in [-0.25, -0.2) is 0 Å². The number of hydrogen-bond donors (Lipinski definition) is 1. The van der Waals surface area contributed by atoms with E-state index in [4.69, 9.17) is 21.1 Å². The molecule has 2 aliphatic rings. The Balaban J connectivity index is 1.56. The number of fused-ring (bicyclic) bond motifs is 1. The molecule has 0 spiro atoms. The molecule has 0 saturated heterocycles. The monoisotopic (exact) mass is 413 g/mol. The molecule has 152 valence electrons. The largest absolute Gasteiger partial charge is 0.493 e. The van der Waals surface area contributed by atoms with Gasteiger partial charge in [0.25, 0.3) is 0 Å². The molecule has 1 amide bonds. The molecule has 1 fully saturated rings. The third-order valence-electron chi connectivity index (χ3n) is 5.86. The van der Waals surface area contributed by atoms with Gasteiger partial charge in [-0.1, -0.05) is 48.5 Å². The number of halogens is 1. The highest BCUT2D eigenvalue weighted by Crippen LogP contribution is 2.48. The zero-order valence-corrected chi connectivity index (χ0v) is 17.1. The number of carbonyl (C=O) groups excluding carboxylic acids is 2. The van der Waals surface area contributed by atoms with E-state index in [2.05, 4.69) is 5.32 Å². The molecule has 5 nitrogen and oxygen atoms in total. The van der Waals surface area contributed by atoms with Crippen LogP contribution in [0.4, 0.5) is 0 Å². The number of rotatable bonds is 5. The van der Waals surface area contributed by atoms with Gasteiger partial charge in [0.05, 0.1) is 18.1 Å². The Kier molecular flexibility index (Phi) is 5.26. The average molecular weight is 414 g/mol. The summed E-state index contributed by atoms with van der Waals surface area (Å²) in [4.78, 5) is 26.0. The first-order valence-corrected chi connectivity index (χ1v) is 10.3. The van der Waals surface area contributed by atoms with Gasteiger partial charge >= 0.3 is 5.97 Å². The van der Waals surface area contributed by atoms with Crippen molar-refractivity contribution < 1.29 is 19.1 Å². The topological polar surface area (TPSA) is 64.6 Å². The summed E-state index contributed by atoms with van der Waals surface area (Å²) in [6, 6.07) is 16.9. The maximum atomic E-state index is 13.4. The first kappa shape index (κ1) is 19.8. The van der Waals surface area contributed by atoms with Crippen LogP contribution in [0.5, 0.6) is 5.75 Å². The van der Waals surface area contributed by atoms with Gasteiger partial charge in [0.2, 0.25) is 5.91 Å². The van der Waals surface area contributed by atoms with Crippen molar-refractivity contribution in [1.82, 2.24) is 5.32 Å². The van der Waals surface area contributed by atoms with Crippen LogP contribution in [0.1, 0.15) is 37.3 Å². The van der Waals surface area contributed by atoms with Crippen LogP contribution in [-0.4, -0.2) is 31.1 Å². The lowest BCUT2D eigenvalue weighted by atomic mass is 9.72. The fourth-order valence-electron chi connectivity index (χ4n) is 4.29. The van der Waals surface area contributed by atoms with E-state index in [0.717, 1.165) is 5.56 Å². The lowest BCUT2D eigenvalue weighted by Gasteiger charge is -2.45. The van der Waals surface area contributed by atoms with Crippen LogP contribution in [0.2, 0.25) is 0 Å². The molecule has 1 saturated carbocycles. The average Bonchev–Trinajstić information content (AvgIpc) is 2.72. The summed E-state index contributed by atoms with van der Waals surface area (Å²) in [5.74, 6) is -0.331. The van der Waals surface area contributed by atoms with Gasteiger partial charge in [-0.2, -0.15) is 0 Å². The number of hydrogen-bond acceptors (Lipinski definition) is 4. The van der Waals surface area contributed by atoms with Crippen LogP contribution in [0.15, 0.2) is 54.6 Å². The second-order valence-electron chi connectivity index (χ2n) is 7.63. The number of esters is 1. The Bertz CT molecular complexity index is 910. The van der Waals surface area contributed by atoms with E-state index in [1.165, 1.54) is 0 Å². The number of ether oxygens (including phenoxy) is 2. The summed E-state index contributed by atoms with van der Waals surface area (Å²) in [6.07, 6.45) is 1.47. The van der Waals surface area contributed by atoms with E-state index < -0.39 is 16.3 Å². The van der Waals surface area contributed by atoms with E-state index in [9.17, 15) is 9.59 Å². The second kappa shape index (κ2) is 7.71. The highest BCUT2D eigenvalue weighted by Gasteiger charge is 2.54. The molecule has 0 bridgehead atoms. The van der Waals surface area contributed by atoms with Crippen LogP contribution in [-0.2, 0) is 24.6 Å². The number of amides is 1. The third-order valence-corrected chi connectivity index (χ3v) is 6.39. The van der Waals surface area contributed by atoms with Gasteiger partial charge in [-0.3, -0.25) is 9.59 Å². The molecule has 29 heavy (non-hydrogen) atoms. The number of para-hydroxylation sites is 1. The molecule has 6 heteroatoms. The lowest BCUT2D eigenvalue weighted by Crippen LogP contribution is -2.59. The van der Waals surface area contributed by atoms with Crippen molar-refractivity contribution in [3.63, 3.8) is 0 Å². The molecule has 2 aromatic carbocycles. The van der Waals surface area contributed by atoms with Crippen molar-refractivity contribution in [2.24, 2.45) is 0 Å². The zero-order valence-electron chi connectivity index (χ0n) is 16.3. The van der Waals surface area contributed by atoms with Gasteiger partial charge in [0.1, 0.15) is 5.75 Å². The van der Waals surface area contributed by atoms with Crippen molar-refractivity contribution >= 4 is 23.5 Å². The Morgan fingerprint density at radius 3 is 2.55 bits per heavy atom. The highest BCUT2D eigenvalue weighted by molar-refractivity contribution is 6.24. The van der Waals surface area contributed by atoms with Crippen LogP contribution in [0.25, 0.3) is 0 Å². The molecule has 1 atom stereocenters. The van der Waals surface area contributed by atoms with E-state index >= 15 is 0 Å². The Labute approximate surface area is 175 Å². The Hall–Kier alpha value is -2.53. The molecule has 1 N–H and O–H groups in total. The van der Waals surface area contributed by atoms with Gasteiger partial charge in [-0.15, -0.1) is 11.6 Å². The molecule has 0 aromatic heterocycles. The number of nitrogens with one attached hydrogen (secondary N) is 1. The highest BCUT2D eigenvalue weighted by atomic mass is 35.5. The molecule has 1 aliphatic heterocycles. The maximum absolute atomic E-state index is 13.4. The quantitative estimate of drug-likeness (QED) is 0.461. The third kappa shape index (κ3) is 3.38. The SMILES string of the molecule is CCOC(=O)C1(C(=O)NC2CC(Cl)(c3ccccc3)C2)CCOc2ccccc21. The minimum absolute atomic E-state index is 0.0958. The van der Waals surface area contributed by atoms with Crippen molar-refractivity contribution in [2.75, 3.05) is 13.2 Å². The fraction of sp³-hybridized carbons (Fsp3) is 0.391. The molecule has 4 rings (SSSR count). The predicted molar refractivity (Wildman–Crippen MR) is 110 cm³/mol. The summed E-state index contributed by atoms with van der Waals surface area (Å²) < 4.78 is 11.0. The van der Waals surface area contributed by atoms with Crippen molar-refractivity contribution in [3.05, 3.63) is 65.7 Å². The molecule has 0 radical (unpaired) electrons. The molecule has 1 aliphatic carbocycles. The summed E-state index contributed by atoms with van der Waals surface area (Å²) in [5.41, 5.74) is 0.202. The second-order valence-corrected chi connectivity index (χ2v) is 8.35. The summed E-state index contributed by atoms with van der Waals surface area (Å²) >= 11 is 6.76. The lowest BCUT2D eigenvalue weighted by molar-refractivity contribution is -0.156. The van der Waals surface area contributed by atoms with E-state index in [0.29, 0.717) is 24.2 Å². The van der Waals surface area contributed by atoms with Gasteiger partial charge in [0.15, 0.2) is 5.41 Å². The van der Waals surface area contributed by atoms with Crippen LogP contribution in [0.3, 0.4) is 0 Å². The molecule has 2 aromatic rings. The molecule has 1 heterocycles. The molecule has 1 unspecified atom stereocenters. The van der Waals surface area contributed by atoms with Crippen molar-refractivity contribution in [3.8, 4) is 5.75 Å². The summed E-state index contributed by atoms with van der Waals surface area (Å²) in [5, 5.41) is 3.05. The molecular formula is C23H24ClNO4. The van der Waals surface area contributed by atoms with Crippen LogP contribution >= 0.6 is 11.6 Å². The summed E-state index contributed by atoms with van der Waals surface area (Å²) in [6.45, 7) is 2.22. The smallest absolute Gasteiger partial charge is 0.326 e. The summed E-state index contributed by atoms with van der Waals surface area (Å²) in [7, 11) is 0. The Morgan fingerprint density at radius 1 is 1.14 bits per heavy atom. The first-order valence-electron chi connectivity index (χ1n) is 9.94. The van der Waals surface area contributed by atoms with Crippen molar-refractivity contribution in [2.45, 2.75) is 42.5 Å². The van der Waals surface area contributed by atoms with Crippen molar-refractivity contribution in [1.29, 1.82) is 0 Å². The van der Waals surface area contributed by atoms with Gasteiger partial charge < -0.3 is 14.8 Å². The molecular weight excluding hydrogens is 390 g/mol. The van der Waals surface area contributed by atoms with Crippen LogP contribution < -0.4 is 10.1 Å². The fourth-order valence-corrected chi connectivity index (χ4v) is 4.79. The first-order chi connectivity index (χ1) is 14.0. The predicted octanol–water partition coefficient (Wildman–Crippen LogP) is 3.68. The maximum Gasteiger partial charge on any atom is 0.326 e. The van der Waals surface area contributed by atoms with E-state index in [-0.39, 0.29) is 31.6 Å². The standard InChI is InChI=1S/C23H24ClNO4/c1-2-28-21(27)23(12-13-29-19-11-7-6-10-18(19)23)20(26)25-17-14-22(24,15-17)16-8-4-3-5-9-16/h3-11,17H,2,12-15H2,1H3,(H,25,26). The minimum Gasteiger partial charge on any atom is -0.493 e. The van der Waals surface area contributed by atoms with E-state index in [1.54, 1.807) is 25.1 Å². The zero-order chi connectivity index (χ0) is 20.5.